The van der Waals surface area contributed by atoms with Gasteiger partial charge in [0, 0.05) is 25.8 Å². The first-order valence-electron chi connectivity index (χ1n) is 10.4. The summed E-state index contributed by atoms with van der Waals surface area (Å²) in [6.45, 7) is 4.65. The number of carbonyl (C=O) groups excluding carboxylic acids is 2. The predicted molar refractivity (Wildman–Crippen MR) is 119 cm³/mol. The molecule has 1 fully saturated rings. The van der Waals surface area contributed by atoms with E-state index in [1.54, 1.807) is 12.3 Å². The van der Waals surface area contributed by atoms with Crippen molar-refractivity contribution in [1.82, 2.24) is 15.2 Å². The molecule has 2 aromatic rings. The fourth-order valence-corrected chi connectivity index (χ4v) is 4.14. The molecule has 0 spiro atoms. The number of ether oxygens (including phenoxy) is 1. The first-order valence-corrected chi connectivity index (χ1v) is 11.6. The highest BCUT2D eigenvalue weighted by molar-refractivity contribution is 7.98. The van der Waals surface area contributed by atoms with E-state index in [0.29, 0.717) is 44.1 Å². The molecule has 0 radical (unpaired) electrons. The van der Waals surface area contributed by atoms with Gasteiger partial charge in [-0.25, -0.2) is 4.98 Å². The molecule has 0 aliphatic carbocycles. The number of hydrogen-bond donors (Lipinski definition) is 1. The Kier molecular flexibility index (Phi) is 8.13. The lowest BCUT2D eigenvalue weighted by atomic mass is 9.96. The van der Waals surface area contributed by atoms with E-state index in [-0.39, 0.29) is 11.8 Å². The van der Waals surface area contributed by atoms with E-state index in [2.05, 4.69) is 10.3 Å². The van der Waals surface area contributed by atoms with E-state index in [4.69, 9.17) is 4.74 Å². The fourth-order valence-electron chi connectivity index (χ4n) is 3.60. The largest absolute Gasteiger partial charge is 0.494 e. The van der Waals surface area contributed by atoms with Crippen LogP contribution in [0.1, 0.15) is 35.7 Å². The molecule has 30 heavy (non-hydrogen) atoms. The number of nitrogens with one attached hydrogen (secondary N) is 1. The first kappa shape index (κ1) is 22.2. The number of piperidine rings is 1. The summed E-state index contributed by atoms with van der Waals surface area (Å²) in [7, 11) is 0. The molecule has 1 saturated heterocycles. The van der Waals surface area contributed by atoms with Gasteiger partial charge in [0.05, 0.1) is 18.6 Å². The zero-order chi connectivity index (χ0) is 21.3. The number of aromatic nitrogens is 1. The van der Waals surface area contributed by atoms with Crippen LogP contribution in [0.2, 0.25) is 0 Å². The maximum atomic E-state index is 12.8. The second kappa shape index (κ2) is 11.0. The summed E-state index contributed by atoms with van der Waals surface area (Å²) in [6, 6.07) is 11.3. The summed E-state index contributed by atoms with van der Waals surface area (Å²) in [5.74, 6) is 1.29. The smallest absolute Gasteiger partial charge is 0.256 e. The molecule has 7 heteroatoms. The summed E-state index contributed by atoms with van der Waals surface area (Å²) in [5.41, 5.74) is 1.64. The van der Waals surface area contributed by atoms with Gasteiger partial charge in [-0.2, -0.15) is 0 Å². The average molecular weight is 428 g/mol. The van der Waals surface area contributed by atoms with Gasteiger partial charge in [-0.05, 0) is 61.8 Å². The number of hydrogen-bond acceptors (Lipinski definition) is 5. The summed E-state index contributed by atoms with van der Waals surface area (Å²) < 4.78 is 5.43. The van der Waals surface area contributed by atoms with Crippen LogP contribution < -0.4 is 10.1 Å². The van der Waals surface area contributed by atoms with Crippen molar-refractivity contribution < 1.29 is 14.3 Å². The van der Waals surface area contributed by atoms with Crippen molar-refractivity contribution >= 4 is 23.6 Å². The number of likely N-dealkylation sites (tertiary alicyclic amines) is 1. The molecule has 0 atom stereocenters. The highest BCUT2D eigenvalue weighted by atomic mass is 32.2. The highest BCUT2D eigenvalue weighted by Crippen LogP contribution is 2.22. The normalized spacial score (nSPS) is 14.4. The van der Waals surface area contributed by atoms with Crippen molar-refractivity contribution in [3.8, 4) is 5.75 Å². The van der Waals surface area contributed by atoms with Gasteiger partial charge in [0.25, 0.3) is 5.91 Å². The molecular weight excluding hydrogens is 398 g/mol. The Balaban J connectivity index is 1.42. The zero-order valence-corrected chi connectivity index (χ0v) is 18.4. The highest BCUT2D eigenvalue weighted by Gasteiger charge is 2.25. The maximum Gasteiger partial charge on any atom is 0.256 e. The van der Waals surface area contributed by atoms with Crippen LogP contribution in [0.5, 0.6) is 5.75 Å². The van der Waals surface area contributed by atoms with E-state index in [1.807, 2.05) is 48.4 Å². The average Bonchev–Trinajstić information content (AvgIpc) is 2.79. The molecule has 0 bridgehead atoms. The third kappa shape index (κ3) is 5.98. The van der Waals surface area contributed by atoms with Crippen LogP contribution in [0, 0.1) is 5.92 Å². The number of benzene rings is 1. The lowest BCUT2D eigenvalue weighted by Gasteiger charge is -2.32. The van der Waals surface area contributed by atoms with Crippen LogP contribution in [0.3, 0.4) is 0 Å². The third-order valence-electron chi connectivity index (χ3n) is 5.28. The van der Waals surface area contributed by atoms with Crippen molar-refractivity contribution in [1.29, 1.82) is 0 Å². The Morgan fingerprint density at radius 1 is 1.20 bits per heavy atom. The van der Waals surface area contributed by atoms with E-state index in [0.717, 1.165) is 29.2 Å². The van der Waals surface area contributed by atoms with E-state index < -0.39 is 0 Å². The van der Waals surface area contributed by atoms with Crippen molar-refractivity contribution in [2.75, 3.05) is 32.5 Å². The SMILES string of the molecule is CCOc1ccc(CC(=O)NCC2CCN(C(=O)c3cccnc3SC)CC2)cc1. The summed E-state index contributed by atoms with van der Waals surface area (Å²) in [4.78, 5) is 31.3. The Morgan fingerprint density at radius 3 is 2.60 bits per heavy atom. The Morgan fingerprint density at radius 2 is 1.93 bits per heavy atom. The van der Waals surface area contributed by atoms with E-state index in [1.165, 1.54) is 11.8 Å². The van der Waals surface area contributed by atoms with Crippen molar-refractivity contribution in [3.05, 3.63) is 53.7 Å². The monoisotopic (exact) mass is 427 g/mol. The Hall–Kier alpha value is -2.54. The van der Waals surface area contributed by atoms with Crippen LogP contribution in [0.4, 0.5) is 0 Å². The molecule has 2 heterocycles. The van der Waals surface area contributed by atoms with Gasteiger partial charge in [-0.3, -0.25) is 9.59 Å². The van der Waals surface area contributed by atoms with Crippen LogP contribution in [0.25, 0.3) is 0 Å². The number of amides is 2. The molecule has 2 amide bonds. The molecule has 3 rings (SSSR count). The predicted octanol–water partition coefficient (Wildman–Crippen LogP) is 3.41. The fraction of sp³-hybridized carbons (Fsp3) is 0.435. The van der Waals surface area contributed by atoms with Crippen LogP contribution in [-0.2, 0) is 11.2 Å². The van der Waals surface area contributed by atoms with Crippen LogP contribution >= 0.6 is 11.8 Å². The number of pyridine rings is 1. The van der Waals surface area contributed by atoms with Gasteiger partial charge in [0.1, 0.15) is 10.8 Å². The number of thioether (sulfide) groups is 1. The number of carbonyl (C=O) groups is 2. The standard InChI is InChI=1S/C23H29N3O3S/c1-3-29-19-8-6-17(7-9-19)15-21(27)25-16-18-10-13-26(14-11-18)23(28)20-5-4-12-24-22(20)30-2/h4-9,12,18H,3,10-11,13-16H2,1-2H3,(H,25,27). The summed E-state index contributed by atoms with van der Waals surface area (Å²) in [6.07, 6.45) is 5.79. The minimum atomic E-state index is 0.0256. The molecule has 0 unspecified atom stereocenters. The van der Waals surface area contributed by atoms with E-state index >= 15 is 0 Å². The van der Waals surface area contributed by atoms with Gasteiger partial charge in [-0.1, -0.05) is 12.1 Å². The third-order valence-corrected chi connectivity index (χ3v) is 6.00. The molecular formula is C23H29N3O3S. The molecule has 1 aromatic carbocycles. The molecule has 1 aromatic heterocycles. The van der Waals surface area contributed by atoms with Crippen LogP contribution in [-0.4, -0.2) is 54.2 Å². The topological polar surface area (TPSA) is 71.5 Å². The quantitative estimate of drug-likeness (QED) is 0.654. The van der Waals surface area contributed by atoms with Gasteiger partial charge in [0.15, 0.2) is 0 Å². The van der Waals surface area contributed by atoms with Crippen molar-refractivity contribution in [2.45, 2.75) is 31.2 Å². The Labute approximate surface area is 182 Å². The second-order valence-electron chi connectivity index (χ2n) is 7.35. The molecule has 160 valence electrons. The maximum absolute atomic E-state index is 12.8. The first-order chi connectivity index (χ1) is 14.6. The molecule has 1 aliphatic rings. The number of nitrogens with zero attached hydrogens (tertiary/aromatic N) is 2. The molecule has 6 nitrogen and oxygen atoms in total. The Bertz CT molecular complexity index is 849. The minimum Gasteiger partial charge on any atom is -0.494 e. The molecule has 1 aliphatic heterocycles. The van der Waals surface area contributed by atoms with Gasteiger partial charge < -0.3 is 15.0 Å². The lowest BCUT2D eigenvalue weighted by Crippen LogP contribution is -2.42. The molecule has 0 saturated carbocycles. The van der Waals surface area contributed by atoms with Crippen LogP contribution in [0.15, 0.2) is 47.6 Å². The second-order valence-corrected chi connectivity index (χ2v) is 8.15. The number of rotatable bonds is 8. The van der Waals surface area contributed by atoms with E-state index in [9.17, 15) is 9.59 Å². The summed E-state index contributed by atoms with van der Waals surface area (Å²) >= 11 is 1.49. The van der Waals surface area contributed by atoms with Gasteiger partial charge in [-0.15, -0.1) is 11.8 Å². The van der Waals surface area contributed by atoms with Crippen molar-refractivity contribution in [2.24, 2.45) is 5.92 Å². The van der Waals surface area contributed by atoms with Gasteiger partial charge in [0.2, 0.25) is 5.91 Å². The van der Waals surface area contributed by atoms with Gasteiger partial charge >= 0.3 is 0 Å². The zero-order valence-electron chi connectivity index (χ0n) is 17.6. The molecule has 1 N–H and O–H groups in total. The van der Waals surface area contributed by atoms with Crippen molar-refractivity contribution in [3.63, 3.8) is 0 Å². The lowest BCUT2D eigenvalue weighted by molar-refractivity contribution is -0.120. The summed E-state index contributed by atoms with van der Waals surface area (Å²) in [5, 5.41) is 3.82. The minimum absolute atomic E-state index is 0.0256.